The molecule has 0 amide bonds. The van der Waals surface area contributed by atoms with E-state index in [1.807, 2.05) is 19.1 Å². The fraction of sp³-hybridized carbons (Fsp3) is 0.429. The standard InChI is InChI=1S/C14H18BrN3O/c1-5-8-6-7-9(19-8)13-17-11(14(2,3)4)10(15)12(16)18-13/h6-7H,5H2,1-4H3,(H2,16,17,18). The van der Waals surface area contributed by atoms with E-state index in [4.69, 9.17) is 10.2 Å². The van der Waals surface area contributed by atoms with Crippen LogP contribution in [0.25, 0.3) is 11.6 Å². The van der Waals surface area contributed by atoms with Gasteiger partial charge in [0, 0.05) is 11.8 Å². The van der Waals surface area contributed by atoms with Crippen molar-refractivity contribution in [2.24, 2.45) is 0 Å². The third kappa shape index (κ3) is 2.81. The van der Waals surface area contributed by atoms with Crippen LogP contribution in [0.5, 0.6) is 0 Å². The van der Waals surface area contributed by atoms with Crippen LogP contribution in [0.3, 0.4) is 0 Å². The van der Waals surface area contributed by atoms with E-state index in [0.29, 0.717) is 17.4 Å². The van der Waals surface area contributed by atoms with Crippen LogP contribution in [0.4, 0.5) is 5.82 Å². The highest BCUT2D eigenvalue weighted by Gasteiger charge is 2.23. The van der Waals surface area contributed by atoms with Crippen LogP contribution in [0, 0.1) is 0 Å². The number of nitrogen functional groups attached to an aromatic ring is 1. The Morgan fingerprint density at radius 2 is 1.95 bits per heavy atom. The third-order valence-electron chi connectivity index (χ3n) is 2.82. The summed E-state index contributed by atoms with van der Waals surface area (Å²) in [5.41, 5.74) is 6.71. The molecule has 0 aliphatic rings. The zero-order valence-electron chi connectivity index (χ0n) is 11.6. The number of aromatic nitrogens is 2. The molecule has 5 heteroatoms. The first-order chi connectivity index (χ1) is 8.82. The maximum Gasteiger partial charge on any atom is 0.197 e. The molecule has 0 spiro atoms. The summed E-state index contributed by atoms with van der Waals surface area (Å²) in [6.45, 7) is 8.30. The van der Waals surface area contributed by atoms with E-state index in [1.54, 1.807) is 0 Å². The van der Waals surface area contributed by atoms with Gasteiger partial charge in [-0.15, -0.1) is 0 Å². The molecule has 0 aliphatic carbocycles. The Bertz CT molecular complexity index is 599. The van der Waals surface area contributed by atoms with E-state index >= 15 is 0 Å². The highest BCUT2D eigenvalue weighted by molar-refractivity contribution is 9.10. The summed E-state index contributed by atoms with van der Waals surface area (Å²) < 4.78 is 6.44. The minimum Gasteiger partial charge on any atom is -0.458 e. The summed E-state index contributed by atoms with van der Waals surface area (Å²) >= 11 is 3.46. The lowest BCUT2D eigenvalue weighted by Gasteiger charge is -2.20. The number of furan rings is 1. The first-order valence-electron chi connectivity index (χ1n) is 6.25. The molecule has 102 valence electrons. The second-order valence-electron chi connectivity index (χ2n) is 5.46. The largest absolute Gasteiger partial charge is 0.458 e. The van der Waals surface area contributed by atoms with Crippen molar-refractivity contribution in [3.63, 3.8) is 0 Å². The van der Waals surface area contributed by atoms with Gasteiger partial charge in [0.05, 0.1) is 10.2 Å². The lowest BCUT2D eigenvalue weighted by molar-refractivity contribution is 0.521. The van der Waals surface area contributed by atoms with Gasteiger partial charge in [-0.25, -0.2) is 9.97 Å². The Kier molecular flexibility index (Phi) is 3.67. The fourth-order valence-electron chi connectivity index (χ4n) is 1.76. The summed E-state index contributed by atoms with van der Waals surface area (Å²) in [4.78, 5) is 8.88. The molecule has 2 aromatic heterocycles. The fourth-order valence-corrected chi connectivity index (χ4v) is 2.53. The van der Waals surface area contributed by atoms with Crippen molar-refractivity contribution in [1.29, 1.82) is 0 Å². The molecule has 0 atom stereocenters. The van der Waals surface area contributed by atoms with Crippen LogP contribution in [0.2, 0.25) is 0 Å². The number of nitrogens with two attached hydrogens (primary N) is 1. The molecule has 2 aromatic rings. The van der Waals surface area contributed by atoms with Crippen molar-refractivity contribution in [3.8, 4) is 11.6 Å². The smallest absolute Gasteiger partial charge is 0.197 e. The molecule has 0 bridgehead atoms. The number of hydrogen-bond acceptors (Lipinski definition) is 4. The van der Waals surface area contributed by atoms with Crippen LogP contribution in [0.1, 0.15) is 39.1 Å². The normalized spacial score (nSPS) is 11.8. The van der Waals surface area contributed by atoms with Crippen LogP contribution < -0.4 is 5.73 Å². The molecule has 0 unspecified atom stereocenters. The molecule has 19 heavy (non-hydrogen) atoms. The molecule has 2 heterocycles. The van der Waals surface area contributed by atoms with Gasteiger partial charge in [0.2, 0.25) is 0 Å². The van der Waals surface area contributed by atoms with Gasteiger partial charge in [0.25, 0.3) is 0 Å². The molecule has 4 nitrogen and oxygen atoms in total. The third-order valence-corrected chi connectivity index (χ3v) is 3.60. The molecular weight excluding hydrogens is 306 g/mol. The molecular formula is C14H18BrN3O. The quantitative estimate of drug-likeness (QED) is 0.909. The van der Waals surface area contributed by atoms with Gasteiger partial charge in [-0.1, -0.05) is 27.7 Å². The molecule has 2 rings (SSSR count). The summed E-state index contributed by atoms with van der Waals surface area (Å²) in [5, 5.41) is 0. The zero-order chi connectivity index (χ0) is 14.2. The molecule has 0 radical (unpaired) electrons. The summed E-state index contributed by atoms with van der Waals surface area (Å²) in [6.07, 6.45) is 0.845. The van der Waals surface area contributed by atoms with Crippen LogP contribution >= 0.6 is 15.9 Å². The van der Waals surface area contributed by atoms with E-state index in [0.717, 1.165) is 22.3 Å². The van der Waals surface area contributed by atoms with Crippen molar-refractivity contribution < 1.29 is 4.42 Å². The number of halogens is 1. The van der Waals surface area contributed by atoms with Gasteiger partial charge in [-0.2, -0.15) is 0 Å². The molecule has 0 saturated carbocycles. The molecule has 0 saturated heterocycles. The number of hydrogen-bond donors (Lipinski definition) is 1. The van der Waals surface area contributed by atoms with Crippen molar-refractivity contribution >= 4 is 21.7 Å². The number of aryl methyl sites for hydroxylation is 1. The van der Waals surface area contributed by atoms with Crippen LogP contribution in [-0.2, 0) is 11.8 Å². The molecule has 0 fully saturated rings. The predicted molar refractivity (Wildman–Crippen MR) is 79.9 cm³/mol. The average molecular weight is 324 g/mol. The van der Waals surface area contributed by atoms with Gasteiger partial charge < -0.3 is 10.2 Å². The van der Waals surface area contributed by atoms with E-state index in [9.17, 15) is 0 Å². The molecule has 0 aromatic carbocycles. The second-order valence-corrected chi connectivity index (χ2v) is 6.26. The van der Waals surface area contributed by atoms with Gasteiger partial charge in [0.1, 0.15) is 11.6 Å². The van der Waals surface area contributed by atoms with E-state index in [2.05, 4.69) is 46.7 Å². The number of nitrogens with zero attached hydrogens (tertiary/aromatic N) is 2. The molecule has 2 N–H and O–H groups in total. The average Bonchev–Trinajstić information content (AvgIpc) is 2.79. The highest BCUT2D eigenvalue weighted by Crippen LogP contribution is 2.33. The SMILES string of the molecule is CCc1ccc(-c2nc(N)c(Br)c(C(C)(C)C)n2)o1. The van der Waals surface area contributed by atoms with Crippen LogP contribution in [-0.4, -0.2) is 9.97 Å². The van der Waals surface area contributed by atoms with Gasteiger partial charge in [-0.3, -0.25) is 0 Å². The topological polar surface area (TPSA) is 64.9 Å². The predicted octanol–water partition coefficient (Wildman–Crippen LogP) is 3.94. The van der Waals surface area contributed by atoms with E-state index < -0.39 is 0 Å². The Balaban J connectivity index is 2.56. The van der Waals surface area contributed by atoms with Gasteiger partial charge >= 0.3 is 0 Å². The van der Waals surface area contributed by atoms with Crippen molar-refractivity contribution in [2.45, 2.75) is 39.5 Å². The first kappa shape index (κ1) is 14.1. The maximum atomic E-state index is 5.96. The monoisotopic (exact) mass is 323 g/mol. The summed E-state index contributed by atoms with van der Waals surface area (Å²) in [6, 6.07) is 3.82. The Morgan fingerprint density at radius 3 is 2.47 bits per heavy atom. The van der Waals surface area contributed by atoms with Crippen LogP contribution in [0.15, 0.2) is 21.0 Å². The van der Waals surface area contributed by atoms with E-state index in [1.165, 1.54) is 0 Å². The van der Waals surface area contributed by atoms with Crippen molar-refractivity contribution in [1.82, 2.24) is 9.97 Å². The summed E-state index contributed by atoms with van der Waals surface area (Å²) in [7, 11) is 0. The van der Waals surface area contributed by atoms with Gasteiger partial charge in [-0.05, 0) is 28.1 Å². The van der Waals surface area contributed by atoms with Crippen molar-refractivity contribution in [3.05, 3.63) is 28.1 Å². The lowest BCUT2D eigenvalue weighted by Crippen LogP contribution is -2.17. The maximum absolute atomic E-state index is 5.96. The lowest BCUT2D eigenvalue weighted by atomic mass is 9.92. The van der Waals surface area contributed by atoms with Gasteiger partial charge in [0.15, 0.2) is 11.6 Å². The minimum absolute atomic E-state index is 0.120. The zero-order valence-corrected chi connectivity index (χ0v) is 13.2. The van der Waals surface area contributed by atoms with E-state index in [-0.39, 0.29) is 5.41 Å². The summed E-state index contributed by atoms with van der Waals surface area (Å²) in [5.74, 6) is 2.54. The number of anilines is 1. The molecule has 0 aliphatic heterocycles. The Hall–Kier alpha value is -1.36. The highest BCUT2D eigenvalue weighted by atomic mass is 79.9. The second kappa shape index (κ2) is 4.96. The number of rotatable bonds is 2. The van der Waals surface area contributed by atoms with Crippen molar-refractivity contribution in [2.75, 3.05) is 5.73 Å². The Labute approximate surface area is 121 Å². The first-order valence-corrected chi connectivity index (χ1v) is 7.04. The Morgan fingerprint density at radius 1 is 1.26 bits per heavy atom. The minimum atomic E-state index is -0.120.